The number of phenols is 1. The highest BCUT2D eigenvalue weighted by Crippen LogP contribution is 2.21. The summed E-state index contributed by atoms with van der Waals surface area (Å²) in [6.07, 6.45) is 3.46. The maximum absolute atomic E-state index is 12.2. The zero-order chi connectivity index (χ0) is 17.5. The molecule has 126 valence electrons. The van der Waals surface area contributed by atoms with Gasteiger partial charge in [0.2, 0.25) is 0 Å². The first kappa shape index (κ1) is 17.7. The molecule has 0 bridgehead atoms. The summed E-state index contributed by atoms with van der Waals surface area (Å²) in [5, 5.41) is 18.9. The number of benzene rings is 2. The number of carbonyl (C=O) groups excluding carboxylic acids is 1. The van der Waals surface area contributed by atoms with Crippen molar-refractivity contribution in [3.63, 3.8) is 0 Å². The number of carboxylic acid groups (broad SMARTS) is 1. The van der Waals surface area contributed by atoms with Gasteiger partial charge in [0.15, 0.2) is 5.78 Å². The average molecular weight is 326 g/mol. The van der Waals surface area contributed by atoms with E-state index >= 15 is 0 Å². The van der Waals surface area contributed by atoms with Crippen molar-refractivity contribution in [2.45, 2.75) is 39.0 Å². The van der Waals surface area contributed by atoms with Gasteiger partial charge in [-0.1, -0.05) is 31.5 Å². The molecule has 2 aromatic rings. The largest absolute Gasteiger partial charge is 0.507 e. The van der Waals surface area contributed by atoms with E-state index in [0.717, 1.165) is 24.0 Å². The first-order chi connectivity index (χ1) is 11.5. The maximum atomic E-state index is 12.2. The highest BCUT2D eigenvalue weighted by molar-refractivity contribution is 5.98. The van der Waals surface area contributed by atoms with Crippen LogP contribution in [-0.2, 0) is 12.8 Å². The van der Waals surface area contributed by atoms with Gasteiger partial charge in [0.25, 0.3) is 0 Å². The van der Waals surface area contributed by atoms with Crippen molar-refractivity contribution in [3.05, 3.63) is 64.7 Å². The highest BCUT2D eigenvalue weighted by Gasteiger charge is 2.12. The number of phenolic OH excluding ortho intramolecular Hbond substituents is 1. The lowest BCUT2D eigenvalue weighted by molar-refractivity contribution is 0.0696. The molecule has 0 amide bonds. The summed E-state index contributed by atoms with van der Waals surface area (Å²) < 4.78 is 0. The summed E-state index contributed by atoms with van der Waals surface area (Å²) in [7, 11) is 0. The molecule has 4 heteroatoms. The fraction of sp³-hybridized carbons (Fsp3) is 0.300. The molecule has 0 aliphatic rings. The molecule has 0 radical (unpaired) electrons. The van der Waals surface area contributed by atoms with Crippen LogP contribution in [0.2, 0.25) is 0 Å². The average Bonchev–Trinajstić information content (AvgIpc) is 2.56. The van der Waals surface area contributed by atoms with Crippen LogP contribution in [0.3, 0.4) is 0 Å². The lowest BCUT2D eigenvalue weighted by Gasteiger charge is -2.10. The van der Waals surface area contributed by atoms with Gasteiger partial charge in [-0.15, -0.1) is 0 Å². The lowest BCUT2D eigenvalue weighted by Crippen LogP contribution is -2.04. The summed E-state index contributed by atoms with van der Waals surface area (Å²) in [4.78, 5) is 23.3. The third-order valence-corrected chi connectivity index (χ3v) is 4.03. The zero-order valence-electron chi connectivity index (χ0n) is 13.8. The predicted octanol–water partition coefficient (Wildman–Crippen LogP) is 4.25. The van der Waals surface area contributed by atoms with Gasteiger partial charge in [-0.2, -0.15) is 0 Å². The van der Waals surface area contributed by atoms with Gasteiger partial charge in [-0.05, 0) is 54.7 Å². The molecule has 0 unspecified atom stereocenters. The van der Waals surface area contributed by atoms with Crippen LogP contribution in [0.4, 0.5) is 0 Å². The number of carboxylic acids is 1. The van der Waals surface area contributed by atoms with Crippen molar-refractivity contribution < 1.29 is 19.8 Å². The van der Waals surface area contributed by atoms with E-state index in [0.29, 0.717) is 24.8 Å². The van der Waals surface area contributed by atoms with Crippen LogP contribution in [0.1, 0.15) is 58.0 Å². The van der Waals surface area contributed by atoms with E-state index in [1.165, 1.54) is 6.07 Å². The third-order valence-electron chi connectivity index (χ3n) is 4.03. The normalized spacial score (nSPS) is 10.5. The molecule has 0 saturated heterocycles. The smallest absolute Gasteiger partial charge is 0.335 e. The minimum Gasteiger partial charge on any atom is -0.507 e. The summed E-state index contributed by atoms with van der Waals surface area (Å²) in [5.41, 5.74) is 2.74. The molecule has 0 aliphatic carbocycles. The van der Waals surface area contributed by atoms with E-state index in [9.17, 15) is 14.7 Å². The van der Waals surface area contributed by atoms with Crippen LogP contribution in [0, 0.1) is 0 Å². The van der Waals surface area contributed by atoms with Gasteiger partial charge in [-0.25, -0.2) is 4.79 Å². The second-order valence-electron chi connectivity index (χ2n) is 5.83. The lowest BCUT2D eigenvalue weighted by atomic mass is 9.95. The first-order valence-corrected chi connectivity index (χ1v) is 8.19. The molecule has 0 fully saturated rings. The van der Waals surface area contributed by atoms with Gasteiger partial charge in [0.1, 0.15) is 5.75 Å². The number of ketones is 1. The summed E-state index contributed by atoms with van der Waals surface area (Å²) in [6.45, 7) is 2.08. The topological polar surface area (TPSA) is 74.6 Å². The molecule has 0 aromatic heterocycles. The Morgan fingerprint density at radius 3 is 2.42 bits per heavy atom. The Morgan fingerprint density at radius 1 is 1.00 bits per heavy atom. The molecule has 0 spiro atoms. The number of aromatic carboxylic acids is 1. The van der Waals surface area contributed by atoms with E-state index in [-0.39, 0.29) is 17.1 Å². The number of aryl methyl sites for hydroxylation is 2. The first-order valence-electron chi connectivity index (χ1n) is 8.19. The quantitative estimate of drug-likeness (QED) is 0.711. The van der Waals surface area contributed by atoms with Crippen molar-refractivity contribution >= 4 is 11.8 Å². The Hall–Kier alpha value is -2.62. The Balaban J connectivity index is 2.05. The van der Waals surface area contributed by atoms with Crippen LogP contribution in [0.25, 0.3) is 0 Å². The Labute approximate surface area is 141 Å². The minimum atomic E-state index is -0.940. The summed E-state index contributed by atoms with van der Waals surface area (Å²) >= 11 is 0. The molecular formula is C20H22O4. The SMILES string of the molecule is CCCc1ccc(C(=O)O)cc1CCCC(=O)c1ccccc1O. The second-order valence-corrected chi connectivity index (χ2v) is 5.83. The zero-order valence-corrected chi connectivity index (χ0v) is 13.8. The molecule has 2 N–H and O–H groups in total. The maximum Gasteiger partial charge on any atom is 0.335 e. The highest BCUT2D eigenvalue weighted by atomic mass is 16.4. The van der Waals surface area contributed by atoms with E-state index in [2.05, 4.69) is 6.92 Å². The minimum absolute atomic E-state index is 0.00189. The molecule has 4 nitrogen and oxygen atoms in total. The standard InChI is InChI=1S/C20H22O4/c1-2-6-14-11-12-16(20(23)24)13-15(14)7-5-10-19(22)17-8-3-4-9-18(17)21/h3-4,8-9,11-13,21H,2,5-7,10H2,1H3,(H,23,24). The Morgan fingerprint density at radius 2 is 1.75 bits per heavy atom. The summed E-state index contributed by atoms with van der Waals surface area (Å²) in [5.74, 6) is -1.04. The summed E-state index contributed by atoms with van der Waals surface area (Å²) in [6, 6.07) is 11.7. The molecular weight excluding hydrogens is 304 g/mol. The van der Waals surface area contributed by atoms with Crippen LogP contribution >= 0.6 is 0 Å². The van der Waals surface area contributed by atoms with E-state index < -0.39 is 5.97 Å². The van der Waals surface area contributed by atoms with Crippen molar-refractivity contribution in [1.29, 1.82) is 0 Å². The van der Waals surface area contributed by atoms with Crippen molar-refractivity contribution in [3.8, 4) is 5.75 Å². The van der Waals surface area contributed by atoms with Crippen LogP contribution < -0.4 is 0 Å². The number of rotatable bonds is 8. The number of hydrogen-bond acceptors (Lipinski definition) is 3. The Kier molecular flexibility index (Phi) is 6.13. The molecule has 0 heterocycles. The monoisotopic (exact) mass is 326 g/mol. The number of hydrogen-bond donors (Lipinski definition) is 2. The van der Waals surface area contributed by atoms with E-state index in [4.69, 9.17) is 5.11 Å². The van der Waals surface area contributed by atoms with Crippen molar-refractivity contribution in [2.24, 2.45) is 0 Å². The number of Topliss-reactive ketones (excluding diaryl/α,β-unsaturated/α-hetero) is 1. The van der Waals surface area contributed by atoms with Gasteiger partial charge in [0, 0.05) is 6.42 Å². The molecule has 24 heavy (non-hydrogen) atoms. The fourth-order valence-corrected chi connectivity index (χ4v) is 2.79. The molecule has 2 rings (SSSR count). The molecule has 2 aromatic carbocycles. The number of para-hydroxylation sites is 1. The molecule has 0 aliphatic heterocycles. The van der Waals surface area contributed by atoms with Gasteiger partial charge >= 0.3 is 5.97 Å². The number of aromatic hydroxyl groups is 1. The number of carbonyl (C=O) groups is 2. The molecule has 0 saturated carbocycles. The Bertz CT molecular complexity index is 734. The third kappa shape index (κ3) is 4.44. The van der Waals surface area contributed by atoms with E-state index in [1.54, 1.807) is 30.3 Å². The van der Waals surface area contributed by atoms with Crippen molar-refractivity contribution in [2.75, 3.05) is 0 Å². The molecule has 0 atom stereocenters. The van der Waals surface area contributed by atoms with Crippen LogP contribution in [0.15, 0.2) is 42.5 Å². The van der Waals surface area contributed by atoms with Crippen molar-refractivity contribution in [1.82, 2.24) is 0 Å². The van der Waals surface area contributed by atoms with Gasteiger partial charge in [-0.3, -0.25) is 4.79 Å². The predicted molar refractivity (Wildman–Crippen MR) is 92.8 cm³/mol. The van der Waals surface area contributed by atoms with E-state index in [1.807, 2.05) is 6.07 Å². The fourth-order valence-electron chi connectivity index (χ4n) is 2.79. The second kappa shape index (κ2) is 8.29. The van der Waals surface area contributed by atoms with Gasteiger partial charge < -0.3 is 10.2 Å². The van der Waals surface area contributed by atoms with Gasteiger partial charge in [0.05, 0.1) is 11.1 Å². The van der Waals surface area contributed by atoms with Crippen LogP contribution in [-0.4, -0.2) is 22.0 Å². The van der Waals surface area contributed by atoms with Crippen LogP contribution in [0.5, 0.6) is 5.75 Å².